The summed E-state index contributed by atoms with van der Waals surface area (Å²) in [4.78, 5) is 11.3. The SMILES string of the molecule is CCOC(=O)CCC(OS(=O)(=O)C(F)(F)F)c1ccccc1. The van der Waals surface area contributed by atoms with Crippen LogP contribution in [0.3, 0.4) is 0 Å². The quantitative estimate of drug-likeness (QED) is 0.434. The van der Waals surface area contributed by atoms with Crippen LogP contribution >= 0.6 is 0 Å². The van der Waals surface area contributed by atoms with Crippen molar-refractivity contribution in [3.05, 3.63) is 35.9 Å². The fourth-order valence-corrected chi connectivity index (χ4v) is 2.25. The van der Waals surface area contributed by atoms with E-state index in [1.165, 1.54) is 24.3 Å². The van der Waals surface area contributed by atoms with Crippen molar-refractivity contribution in [3.63, 3.8) is 0 Å². The van der Waals surface area contributed by atoms with E-state index in [1.54, 1.807) is 13.0 Å². The lowest BCUT2D eigenvalue weighted by atomic mass is 10.1. The highest BCUT2D eigenvalue weighted by Gasteiger charge is 2.48. The molecule has 0 bridgehead atoms. The second-order valence-corrected chi connectivity index (χ2v) is 5.80. The fourth-order valence-electron chi connectivity index (χ4n) is 1.63. The van der Waals surface area contributed by atoms with Crippen molar-refractivity contribution in [2.75, 3.05) is 6.61 Å². The molecule has 0 heterocycles. The number of hydrogen-bond acceptors (Lipinski definition) is 5. The molecule has 0 aliphatic heterocycles. The summed E-state index contributed by atoms with van der Waals surface area (Å²) in [7, 11) is -5.76. The lowest BCUT2D eigenvalue weighted by Crippen LogP contribution is -2.27. The molecule has 1 rings (SSSR count). The molecule has 0 aliphatic rings. The molecular formula is C13H15F3O5S. The molecule has 22 heavy (non-hydrogen) atoms. The average molecular weight is 340 g/mol. The summed E-state index contributed by atoms with van der Waals surface area (Å²) in [5, 5.41) is 0. The van der Waals surface area contributed by atoms with Crippen molar-refractivity contribution in [2.45, 2.75) is 31.4 Å². The number of hydrogen-bond donors (Lipinski definition) is 0. The van der Waals surface area contributed by atoms with E-state index in [4.69, 9.17) is 0 Å². The maximum atomic E-state index is 12.4. The molecule has 1 aromatic carbocycles. The normalized spacial score (nSPS) is 13.6. The van der Waals surface area contributed by atoms with Gasteiger partial charge in [-0.1, -0.05) is 30.3 Å². The summed E-state index contributed by atoms with van der Waals surface area (Å²) in [6.07, 6.45) is -1.93. The first-order chi connectivity index (χ1) is 10.2. The Labute approximate surface area is 126 Å². The number of halogens is 3. The van der Waals surface area contributed by atoms with Crippen molar-refractivity contribution in [1.29, 1.82) is 0 Å². The van der Waals surface area contributed by atoms with Gasteiger partial charge in [0.05, 0.1) is 6.61 Å². The number of rotatable bonds is 7. The van der Waals surface area contributed by atoms with E-state index in [0.29, 0.717) is 0 Å². The van der Waals surface area contributed by atoms with Gasteiger partial charge < -0.3 is 4.74 Å². The van der Waals surface area contributed by atoms with Gasteiger partial charge in [0, 0.05) is 6.42 Å². The Hall–Kier alpha value is -1.61. The van der Waals surface area contributed by atoms with Crippen molar-refractivity contribution in [3.8, 4) is 0 Å². The highest BCUT2D eigenvalue weighted by Crippen LogP contribution is 2.32. The zero-order valence-corrected chi connectivity index (χ0v) is 12.5. The van der Waals surface area contributed by atoms with Gasteiger partial charge in [0.2, 0.25) is 0 Å². The number of esters is 1. The number of benzene rings is 1. The molecule has 0 saturated heterocycles. The lowest BCUT2D eigenvalue weighted by Gasteiger charge is -2.18. The Kier molecular flexibility index (Phi) is 6.36. The van der Waals surface area contributed by atoms with Crippen LogP contribution in [-0.2, 0) is 23.8 Å². The summed E-state index contributed by atoms with van der Waals surface area (Å²) < 4.78 is 68.5. The minimum absolute atomic E-state index is 0.122. The first kappa shape index (κ1) is 18.4. The molecule has 0 amide bonds. The first-order valence-corrected chi connectivity index (χ1v) is 7.78. The van der Waals surface area contributed by atoms with E-state index >= 15 is 0 Å². The third kappa shape index (κ3) is 5.30. The number of alkyl halides is 3. The Morgan fingerprint density at radius 2 is 1.82 bits per heavy atom. The van der Waals surface area contributed by atoms with E-state index < -0.39 is 27.7 Å². The predicted molar refractivity (Wildman–Crippen MR) is 71.1 cm³/mol. The zero-order chi connectivity index (χ0) is 16.8. The van der Waals surface area contributed by atoms with Gasteiger partial charge in [0.15, 0.2) is 0 Å². The lowest BCUT2D eigenvalue weighted by molar-refractivity contribution is -0.143. The van der Waals surface area contributed by atoms with Crippen LogP contribution in [0.15, 0.2) is 30.3 Å². The minimum atomic E-state index is -5.76. The standard InChI is InChI=1S/C13H15F3O5S/c1-2-20-12(17)9-8-11(10-6-4-3-5-7-10)21-22(18,19)13(14,15)16/h3-7,11H,2,8-9H2,1H3. The van der Waals surface area contributed by atoms with Crippen LogP contribution in [-0.4, -0.2) is 26.5 Å². The van der Waals surface area contributed by atoms with Gasteiger partial charge in [-0.3, -0.25) is 8.98 Å². The van der Waals surface area contributed by atoms with E-state index in [-0.39, 0.29) is 25.0 Å². The van der Waals surface area contributed by atoms with Crippen LogP contribution in [0.1, 0.15) is 31.4 Å². The van der Waals surface area contributed by atoms with Gasteiger partial charge in [-0.15, -0.1) is 0 Å². The Bertz CT molecular complexity index is 583. The molecule has 0 spiro atoms. The topological polar surface area (TPSA) is 69.7 Å². The van der Waals surface area contributed by atoms with Crippen LogP contribution in [0.4, 0.5) is 13.2 Å². The molecule has 1 unspecified atom stereocenters. The molecule has 1 aromatic rings. The Balaban J connectivity index is 2.91. The molecule has 9 heteroatoms. The monoisotopic (exact) mass is 340 g/mol. The van der Waals surface area contributed by atoms with E-state index in [9.17, 15) is 26.4 Å². The van der Waals surface area contributed by atoms with Crippen molar-refractivity contribution >= 4 is 16.1 Å². The van der Waals surface area contributed by atoms with Crippen molar-refractivity contribution < 1.29 is 35.3 Å². The highest BCUT2D eigenvalue weighted by molar-refractivity contribution is 7.87. The molecule has 5 nitrogen and oxygen atoms in total. The maximum absolute atomic E-state index is 12.4. The van der Waals surface area contributed by atoms with Crippen LogP contribution in [0.25, 0.3) is 0 Å². The summed E-state index contributed by atoms with van der Waals surface area (Å²) in [6.45, 7) is 1.70. The molecule has 0 saturated carbocycles. The zero-order valence-electron chi connectivity index (χ0n) is 11.7. The van der Waals surface area contributed by atoms with Gasteiger partial charge in [-0.25, -0.2) is 0 Å². The molecule has 124 valence electrons. The Morgan fingerprint density at radius 1 is 1.23 bits per heavy atom. The van der Waals surface area contributed by atoms with Gasteiger partial charge >= 0.3 is 21.6 Å². The average Bonchev–Trinajstić information content (AvgIpc) is 2.43. The number of carbonyl (C=O) groups excluding carboxylic acids is 1. The van der Waals surface area contributed by atoms with Gasteiger partial charge in [-0.2, -0.15) is 21.6 Å². The van der Waals surface area contributed by atoms with Crippen LogP contribution in [0.2, 0.25) is 0 Å². The van der Waals surface area contributed by atoms with Crippen molar-refractivity contribution in [1.82, 2.24) is 0 Å². The molecule has 0 N–H and O–H groups in total. The van der Waals surface area contributed by atoms with Gasteiger partial charge in [0.25, 0.3) is 0 Å². The largest absolute Gasteiger partial charge is 0.523 e. The third-order valence-electron chi connectivity index (χ3n) is 2.61. The molecule has 0 fully saturated rings. The summed E-state index contributed by atoms with van der Waals surface area (Å²) >= 11 is 0. The number of ether oxygens (including phenoxy) is 1. The molecule has 0 radical (unpaired) electrons. The van der Waals surface area contributed by atoms with E-state index in [2.05, 4.69) is 8.92 Å². The molecular weight excluding hydrogens is 325 g/mol. The molecule has 0 aromatic heterocycles. The van der Waals surface area contributed by atoms with Crippen LogP contribution in [0, 0.1) is 0 Å². The Morgan fingerprint density at radius 3 is 2.32 bits per heavy atom. The second-order valence-electron chi connectivity index (χ2n) is 4.24. The summed E-state index contributed by atoms with van der Waals surface area (Å²) in [6, 6.07) is 7.50. The van der Waals surface area contributed by atoms with Crippen LogP contribution in [0.5, 0.6) is 0 Å². The third-order valence-corrected chi connectivity index (χ3v) is 3.67. The van der Waals surface area contributed by atoms with Gasteiger partial charge in [-0.05, 0) is 18.9 Å². The first-order valence-electron chi connectivity index (χ1n) is 6.37. The van der Waals surface area contributed by atoms with Gasteiger partial charge in [0.1, 0.15) is 6.10 Å². The maximum Gasteiger partial charge on any atom is 0.523 e. The van der Waals surface area contributed by atoms with E-state index in [0.717, 1.165) is 0 Å². The van der Waals surface area contributed by atoms with Crippen molar-refractivity contribution in [2.24, 2.45) is 0 Å². The van der Waals surface area contributed by atoms with E-state index in [1.807, 2.05) is 0 Å². The second kappa shape index (κ2) is 7.59. The molecule has 1 atom stereocenters. The summed E-state index contributed by atoms with van der Waals surface area (Å²) in [5.74, 6) is -0.642. The summed E-state index contributed by atoms with van der Waals surface area (Å²) in [5.41, 5.74) is -5.30. The predicted octanol–water partition coefficient (Wildman–Crippen LogP) is 2.94. The fraction of sp³-hybridized carbons (Fsp3) is 0.462. The highest BCUT2D eigenvalue weighted by atomic mass is 32.2. The smallest absolute Gasteiger partial charge is 0.466 e. The van der Waals surface area contributed by atoms with Crippen LogP contribution < -0.4 is 0 Å². The minimum Gasteiger partial charge on any atom is -0.466 e. The molecule has 0 aliphatic carbocycles. The number of carbonyl (C=O) groups is 1.